The smallest absolute Gasteiger partial charge is 0.246 e. The standard InChI is InChI=1S/C11H17N3O5S/c1-20(18,19)14-5-3-2-4-8(14)11(17)13-6-9(15)12-10(16)7-13/h8H,2-7H2,1H3,(H,12,15,16). The van der Waals surface area contributed by atoms with Gasteiger partial charge in [-0.15, -0.1) is 0 Å². The maximum Gasteiger partial charge on any atom is 0.246 e. The Morgan fingerprint density at radius 1 is 1.20 bits per heavy atom. The number of imide groups is 1. The molecule has 0 bridgehead atoms. The van der Waals surface area contributed by atoms with Gasteiger partial charge in [0.05, 0.1) is 6.26 Å². The van der Waals surface area contributed by atoms with Crippen molar-refractivity contribution in [1.82, 2.24) is 14.5 Å². The number of rotatable bonds is 2. The third kappa shape index (κ3) is 3.15. The summed E-state index contributed by atoms with van der Waals surface area (Å²) in [4.78, 5) is 36.1. The minimum atomic E-state index is -3.49. The van der Waals surface area contributed by atoms with Crippen molar-refractivity contribution in [3.8, 4) is 0 Å². The lowest BCUT2D eigenvalue weighted by atomic mass is 10.0. The molecule has 9 heteroatoms. The second kappa shape index (κ2) is 5.49. The Morgan fingerprint density at radius 3 is 2.35 bits per heavy atom. The van der Waals surface area contributed by atoms with Crippen LogP contribution >= 0.6 is 0 Å². The summed E-state index contributed by atoms with van der Waals surface area (Å²) in [6.07, 6.45) is 2.93. The molecule has 2 saturated heterocycles. The Hall–Kier alpha value is -1.48. The van der Waals surface area contributed by atoms with Gasteiger partial charge in [0.1, 0.15) is 19.1 Å². The second-order valence-corrected chi connectivity index (χ2v) is 6.99. The van der Waals surface area contributed by atoms with Gasteiger partial charge >= 0.3 is 0 Å². The molecular formula is C11H17N3O5S. The van der Waals surface area contributed by atoms with Crippen molar-refractivity contribution in [3.05, 3.63) is 0 Å². The summed E-state index contributed by atoms with van der Waals surface area (Å²) in [5.41, 5.74) is 0. The third-order valence-electron chi connectivity index (χ3n) is 3.42. The topological polar surface area (TPSA) is 104 Å². The number of sulfonamides is 1. The molecule has 20 heavy (non-hydrogen) atoms. The third-order valence-corrected chi connectivity index (χ3v) is 4.71. The average molecular weight is 303 g/mol. The highest BCUT2D eigenvalue weighted by atomic mass is 32.2. The van der Waals surface area contributed by atoms with Crippen LogP contribution in [0.4, 0.5) is 0 Å². The first-order valence-electron chi connectivity index (χ1n) is 6.37. The van der Waals surface area contributed by atoms with Gasteiger partial charge in [0.15, 0.2) is 0 Å². The van der Waals surface area contributed by atoms with Gasteiger partial charge in [0, 0.05) is 6.54 Å². The largest absolute Gasteiger partial charge is 0.323 e. The van der Waals surface area contributed by atoms with E-state index in [-0.39, 0.29) is 13.1 Å². The summed E-state index contributed by atoms with van der Waals surface area (Å²) in [6, 6.07) is -0.808. The van der Waals surface area contributed by atoms with E-state index in [2.05, 4.69) is 5.32 Å². The van der Waals surface area contributed by atoms with Gasteiger partial charge in [0.25, 0.3) is 0 Å². The number of nitrogens with zero attached hydrogens (tertiary/aromatic N) is 2. The van der Waals surface area contributed by atoms with Crippen LogP contribution < -0.4 is 5.32 Å². The summed E-state index contributed by atoms with van der Waals surface area (Å²) in [5.74, 6) is -1.56. The maximum atomic E-state index is 12.4. The SMILES string of the molecule is CS(=O)(=O)N1CCCCC1C(=O)N1CC(=O)NC(=O)C1. The fourth-order valence-electron chi connectivity index (χ4n) is 2.55. The number of piperazine rings is 1. The molecule has 0 radical (unpaired) electrons. The fourth-order valence-corrected chi connectivity index (χ4v) is 3.67. The van der Waals surface area contributed by atoms with E-state index in [0.29, 0.717) is 19.4 Å². The predicted octanol–water partition coefficient (Wildman–Crippen LogP) is -1.71. The molecule has 0 aromatic rings. The van der Waals surface area contributed by atoms with Crippen LogP contribution in [0.3, 0.4) is 0 Å². The average Bonchev–Trinajstić information content (AvgIpc) is 2.35. The van der Waals surface area contributed by atoms with Crippen molar-refractivity contribution in [1.29, 1.82) is 0 Å². The van der Waals surface area contributed by atoms with E-state index in [1.54, 1.807) is 0 Å². The normalized spacial score (nSPS) is 25.4. The molecule has 1 N–H and O–H groups in total. The lowest BCUT2D eigenvalue weighted by Gasteiger charge is -2.36. The van der Waals surface area contributed by atoms with E-state index in [0.717, 1.165) is 21.9 Å². The van der Waals surface area contributed by atoms with E-state index in [4.69, 9.17) is 0 Å². The second-order valence-electron chi connectivity index (χ2n) is 5.05. The fraction of sp³-hybridized carbons (Fsp3) is 0.727. The lowest BCUT2D eigenvalue weighted by Crippen LogP contribution is -2.59. The van der Waals surface area contributed by atoms with E-state index >= 15 is 0 Å². The minimum absolute atomic E-state index is 0.210. The molecule has 2 heterocycles. The van der Waals surface area contributed by atoms with Crippen LogP contribution in [-0.4, -0.2) is 67.3 Å². The van der Waals surface area contributed by atoms with Crippen LogP contribution in [0.2, 0.25) is 0 Å². The Bertz CT molecular complexity index is 528. The van der Waals surface area contributed by atoms with Crippen molar-refractivity contribution < 1.29 is 22.8 Å². The first-order chi connectivity index (χ1) is 9.29. The number of hydrogen-bond acceptors (Lipinski definition) is 5. The summed E-state index contributed by atoms with van der Waals surface area (Å²) >= 11 is 0. The first-order valence-corrected chi connectivity index (χ1v) is 8.22. The van der Waals surface area contributed by atoms with Crippen molar-refractivity contribution in [2.75, 3.05) is 25.9 Å². The molecule has 1 atom stereocenters. The number of hydrogen-bond donors (Lipinski definition) is 1. The van der Waals surface area contributed by atoms with E-state index in [1.807, 2.05) is 0 Å². The molecule has 0 aromatic heterocycles. The van der Waals surface area contributed by atoms with Crippen molar-refractivity contribution in [3.63, 3.8) is 0 Å². The molecule has 0 aromatic carbocycles. The number of carbonyl (C=O) groups is 3. The molecule has 2 fully saturated rings. The molecule has 0 saturated carbocycles. The Labute approximate surface area is 117 Å². The molecule has 2 rings (SSSR count). The van der Waals surface area contributed by atoms with Crippen LogP contribution in [0.25, 0.3) is 0 Å². The van der Waals surface area contributed by atoms with E-state index < -0.39 is 33.8 Å². The summed E-state index contributed by atoms with van der Waals surface area (Å²) in [5, 5.41) is 2.10. The van der Waals surface area contributed by atoms with E-state index in [1.165, 1.54) is 0 Å². The van der Waals surface area contributed by atoms with Gasteiger partial charge in [-0.05, 0) is 12.8 Å². The van der Waals surface area contributed by atoms with Gasteiger partial charge < -0.3 is 4.90 Å². The molecule has 1 unspecified atom stereocenters. The monoisotopic (exact) mass is 303 g/mol. The number of carbonyl (C=O) groups excluding carboxylic acids is 3. The predicted molar refractivity (Wildman–Crippen MR) is 68.9 cm³/mol. The molecule has 2 aliphatic rings. The first kappa shape index (κ1) is 14.9. The van der Waals surface area contributed by atoms with Crippen molar-refractivity contribution in [2.24, 2.45) is 0 Å². The zero-order chi connectivity index (χ0) is 14.9. The summed E-state index contributed by atoms with van der Waals surface area (Å²) in [7, 11) is -3.49. The Kier molecular flexibility index (Phi) is 4.09. The van der Waals surface area contributed by atoms with Crippen LogP contribution in [0.15, 0.2) is 0 Å². The zero-order valence-electron chi connectivity index (χ0n) is 11.2. The van der Waals surface area contributed by atoms with Gasteiger partial charge in [0.2, 0.25) is 27.7 Å². The molecule has 0 spiro atoms. The van der Waals surface area contributed by atoms with Crippen molar-refractivity contribution in [2.45, 2.75) is 25.3 Å². The van der Waals surface area contributed by atoms with Crippen molar-refractivity contribution >= 4 is 27.7 Å². The van der Waals surface area contributed by atoms with Crippen LogP contribution in [0.5, 0.6) is 0 Å². The lowest BCUT2D eigenvalue weighted by molar-refractivity contribution is -0.147. The van der Waals surface area contributed by atoms with Gasteiger partial charge in [-0.25, -0.2) is 8.42 Å². The number of amides is 3. The highest BCUT2D eigenvalue weighted by Gasteiger charge is 2.38. The number of piperidine rings is 1. The van der Waals surface area contributed by atoms with Crippen LogP contribution in [0, 0.1) is 0 Å². The Balaban J connectivity index is 2.17. The van der Waals surface area contributed by atoms with Crippen LogP contribution in [0.1, 0.15) is 19.3 Å². The highest BCUT2D eigenvalue weighted by Crippen LogP contribution is 2.21. The molecule has 0 aliphatic carbocycles. The zero-order valence-corrected chi connectivity index (χ0v) is 12.0. The van der Waals surface area contributed by atoms with Gasteiger partial charge in [-0.1, -0.05) is 6.42 Å². The quantitative estimate of drug-likeness (QED) is 0.611. The van der Waals surface area contributed by atoms with Gasteiger partial charge in [-0.3, -0.25) is 19.7 Å². The molecule has 8 nitrogen and oxygen atoms in total. The summed E-state index contributed by atoms with van der Waals surface area (Å²) in [6.45, 7) is -0.124. The maximum absolute atomic E-state index is 12.4. The molecule has 3 amide bonds. The highest BCUT2D eigenvalue weighted by molar-refractivity contribution is 7.88. The number of nitrogens with one attached hydrogen (secondary N) is 1. The van der Waals surface area contributed by atoms with Gasteiger partial charge in [-0.2, -0.15) is 4.31 Å². The molecular weight excluding hydrogens is 286 g/mol. The van der Waals surface area contributed by atoms with E-state index in [9.17, 15) is 22.8 Å². The Morgan fingerprint density at radius 2 is 1.80 bits per heavy atom. The molecule has 2 aliphatic heterocycles. The minimum Gasteiger partial charge on any atom is -0.323 e. The summed E-state index contributed by atoms with van der Waals surface area (Å²) < 4.78 is 24.6. The molecule has 112 valence electrons. The van der Waals surface area contributed by atoms with Crippen LogP contribution in [-0.2, 0) is 24.4 Å².